The van der Waals surface area contributed by atoms with Gasteiger partial charge in [0.05, 0.1) is 33.3 Å². The second kappa shape index (κ2) is 20.5. The highest BCUT2D eigenvalue weighted by molar-refractivity contribution is 7.13. The van der Waals surface area contributed by atoms with Gasteiger partial charge in [-0.1, -0.05) is 96.5 Å². The normalized spacial score (nSPS) is 18.6. The van der Waals surface area contributed by atoms with E-state index in [9.17, 15) is 24.4 Å². The van der Waals surface area contributed by atoms with Crippen LogP contribution in [0.2, 0.25) is 5.02 Å². The van der Waals surface area contributed by atoms with Gasteiger partial charge in [-0.2, -0.15) is 5.26 Å². The minimum absolute atomic E-state index is 0.152. The van der Waals surface area contributed by atoms with E-state index in [1.807, 2.05) is 69.6 Å². The number of aromatic nitrogens is 1. The standard InChI is InChI=1S/C53H59ClN6O7S/c1-32-44(68-31-57-32)35-15-11-33(12-16-35)28-56-47(63)42-10-9-25-60(42)48(64)45(51(2,3)4)58-43(61)30-65-29-34-13-20-38(21-14-34)66-39-22-17-36(18-23-39)46(62)59-49-52(5,6)50(53(49,7)8)67-40-24-19-37(27-55)41(54)26-40/h11-24,26,31,42,45,49-50H,9-10,25,28-30H2,1-8H3,(H,56,63)(H,58,61)(H,59,62)/t42-,45+,49?,50?/m0/s1. The molecule has 1 aliphatic carbocycles. The third-order valence-electron chi connectivity index (χ3n) is 12.9. The molecule has 1 aliphatic heterocycles. The molecule has 2 aliphatic rings. The summed E-state index contributed by atoms with van der Waals surface area (Å²) in [4.78, 5) is 61.1. The number of ether oxygens (including phenoxy) is 3. The van der Waals surface area contributed by atoms with E-state index in [1.54, 1.807) is 70.8 Å². The number of hydrogen-bond acceptors (Lipinski definition) is 10. The van der Waals surface area contributed by atoms with Gasteiger partial charge in [-0.05, 0) is 90.4 Å². The summed E-state index contributed by atoms with van der Waals surface area (Å²) in [6.07, 6.45) is 1.01. The lowest BCUT2D eigenvalue weighted by Gasteiger charge is -2.63. The van der Waals surface area contributed by atoms with Crippen LogP contribution in [0.1, 0.15) is 94.1 Å². The van der Waals surface area contributed by atoms with Crippen LogP contribution in [0.25, 0.3) is 10.4 Å². The molecular formula is C53H59ClN6O7S. The molecule has 1 aromatic heterocycles. The monoisotopic (exact) mass is 958 g/mol. The summed E-state index contributed by atoms with van der Waals surface area (Å²) in [6.45, 7) is 16.5. The van der Waals surface area contributed by atoms with Crippen LogP contribution in [0.5, 0.6) is 17.2 Å². The number of nitrogens with one attached hydrogen (secondary N) is 3. The summed E-state index contributed by atoms with van der Waals surface area (Å²) < 4.78 is 18.2. The van der Waals surface area contributed by atoms with Crippen LogP contribution in [-0.2, 0) is 32.3 Å². The zero-order valence-electron chi connectivity index (χ0n) is 39.8. The van der Waals surface area contributed by atoms with E-state index in [1.165, 1.54) is 0 Å². The lowest BCUT2D eigenvalue weighted by atomic mass is 9.49. The third kappa shape index (κ3) is 11.2. The minimum Gasteiger partial charge on any atom is -0.489 e. The molecule has 2 heterocycles. The predicted molar refractivity (Wildman–Crippen MR) is 262 cm³/mol. The van der Waals surface area contributed by atoms with E-state index in [-0.39, 0.29) is 43.1 Å². The van der Waals surface area contributed by atoms with E-state index in [0.29, 0.717) is 59.3 Å². The van der Waals surface area contributed by atoms with Crippen molar-refractivity contribution in [3.8, 4) is 33.8 Å². The molecule has 7 rings (SSSR count). The molecule has 4 aromatic carbocycles. The van der Waals surface area contributed by atoms with Crippen molar-refractivity contribution in [1.82, 2.24) is 25.8 Å². The fourth-order valence-corrected chi connectivity index (χ4v) is 10.5. The molecule has 15 heteroatoms. The van der Waals surface area contributed by atoms with Crippen LogP contribution >= 0.6 is 22.9 Å². The van der Waals surface area contributed by atoms with Gasteiger partial charge in [0, 0.05) is 41.6 Å². The molecular weight excluding hydrogens is 900 g/mol. The summed E-state index contributed by atoms with van der Waals surface area (Å²) in [5, 5.41) is 18.7. The summed E-state index contributed by atoms with van der Waals surface area (Å²) in [5.41, 5.74) is 5.08. The van der Waals surface area contributed by atoms with Crippen LogP contribution in [0.4, 0.5) is 0 Å². The van der Waals surface area contributed by atoms with Gasteiger partial charge in [0.15, 0.2) is 0 Å². The summed E-state index contributed by atoms with van der Waals surface area (Å²) in [5.74, 6) is 0.537. The lowest BCUT2D eigenvalue weighted by molar-refractivity contribution is -0.164. The molecule has 4 amide bonds. The minimum atomic E-state index is -0.868. The first-order chi connectivity index (χ1) is 32.3. The van der Waals surface area contributed by atoms with E-state index < -0.39 is 34.2 Å². The average molecular weight is 960 g/mol. The van der Waals surface area contributed by atoms with E-state index in [0.717, 1.165) is 27.3 Å². The number of hydrogen-bond donors (Lipinski definition) is 3. The number of halogens is 1. The third-order valence-corrected chi connectivity index (χ3v) is 14.2. The molecule has 1 saturated heterocycles. The van der Waals surface area contributed by atoms with Crippen molar-refractivity contribution in [1.29, 1.82) is 5.26 Å². The molecule has 0 bridgehead atoms. The molecule has 1 saturated carbocycles. The molecule has 2 atom stereocenters. The maximum Gasteiger partial charge on any atom is 0.251 e. The Kier molecular flexibility index (Phi) is 15.0. The molecule has 0 spiro atoms. The van der Waals surface area contributed by atoms with Crippen LogP contribution in [0, 0.1) is 34.5 Å². The Morgan fingerprint density at radius 3 is 2.15 bits per heavy atom. The number of nitrogens with zero attached hydrogens (tertiary/aromatic N) is 3. The molecule has 0 unspecified atom stereocenters. The van der Waals surface area contributed by atoms with Gasteiger partial charge in [0.25, 0.3) is 5.91 Å². The van der Waals surface area contributed by atoms with Crippen molar-refractivity contribution < 1.29 is 33.4 Å². The largest absolute Gasteiger partial charge is 0.489 e. The SMILES string of the molecule is Cc1ncsc1-c1ccc(CNC(=O)[C@@H]2CCCN2C(=O)[C@@H](NC(=O)COCc2ccc(Oc3ccc(C(=O)NC4C(C)(C)C(Oc5ccc(C#N)c(Cl)c5)C4(C)C)cc3)cc2)C(C)(C)C)cc1. The molecule has 3 N–H and O–H groups in total. The molecule has 2 fully saturated rings. The Morgan fingerprint density at radius 1 is 0.912 bits per heavy atom. The topological polar surface area (TPSA) is 172 Å². The molecule has 68 heavy (non-hydrogen) atoms. The molecule has 13 nitrogen and oxygen atoms in total. The number of carbonyl (C=O) groups excluding carboxylic acids is 4. The Bertz CT molecular complexity index is 2660. The van der Waals surface area contributed by atoms with Gasteiger partial charge in [0.2, 0.25) is 17.7 Å². The first kappa shape index (κ1) is 49.6. The number of carbonyl (C=O) groups is 4. The van der Waals surface area contributed by atoms with Crippen molar-refractivity contribution in [3.63, 3.8) is 0 Å². The van der Waals surface area contributed by atoms with Gasteiger partial charge < -0.3 is 35.1 Å². The average Bonchev–Trinajstić information content (AvgIpc) is 3.98. The summed E-state index contributed by atoms with van der Waals surface area (Å²) in [7, 11) is 0. The highest BCUT2D eigenvalue weighted by Gasteiger charge is 2.64. The van der Waals surface area contributed by atoms with Crippen LogP contribution in [0.3, 0.4) is 0 Å². The number of aryl methyl sites for hydroxylation is 1. The highest BCUT2D eigenvalue weighted by Crippen LogP contribution is 2.55. The number of thiazole rings is 1. The van der Waals surface area contributed by atoms with Crippen LogP contribution in [0.15, 0.2) is 96.5 Å². The highest BCUT2D eigenvalue weighted by atomic mass is 35.5. The van der Waals surface area contributed by atoms with Gasteiger partial charge >= 0.3 is 0 Å². The number of nitriles is 1. The zero-order chi connectivity index (χ0) is 49.0. The predicted octanol–water partition coefficient (Wildman–Crippen LogP) is 9.40. The fourth-order valence-electron chi connectivity index (χ4n) is 9.52. The maximum atomic E-state index is 14.0. The second-order valence-corrected chi connectivity index (χ2v) is 21.1. The summed E-state index contributed by atoms with van der Waals surface area (Å²) >= 11 is 7.84. The van der Waals surface area contributed by atoms with Crippen molar-refractivity contribution in [2.75, 3.05) is 13.2 Å². The maximum absolute atomic E-state index is 14.0. The van der Waals surface area contributed by atoms with Gasteiger partial charge in [-0.25, -0.2) is 4.98 Å². The van der Waals surface area contributed by atoms with Crippen LogP contribution in [-0.4, -0.2) is 70.9 Å². The first-order valence-electron chi connectivity index (χ1n) is 22.7. The van der Waals surface area contributed by atoms with E-state index in [4.69, 9.17) is 25.8 Å². The molecule has 5 aromatic rings. The second-order valence-electron chi connectivity index (χ2n) is 19.8. The van der Waals surface area contributed by atoms with Gasteiger partial charge in [-0.15, -0.1) is 11.3 Å². The van der Waals surface area contributed by atoms with Crippen molar-refractivity contribution >= 4 is 46.6 Å². The van der Waals surface area contributed by atoms with Crippen LogP contribution < -0.4 is 25.4 Å². The Morgan fingerprint density at radius 2 is 1.54 bits per heavy atom. The summed E-state index contributed by atoms with van der Waals surface area (Å²) in [6, 6.07) is 27.6. The quantitative estimate of drug-likeness (QED) is 0.0872. The first-order valence-corrected chi connectivity index (χ1v) is 24.0. The van der Waals surface area contributed by atoms with Crippen molar-refractivity contribution in [2.45, 2.75) is 106 Å². The van der Waals surface area contributed by atoms with Crippen molar-refractivity contribution in [3.05, 3.63) is 129 Å². The number of amides is 4. The fraction of sp³-hybridized carbons (Fsp3) is 0.396. The Hall–Kier alpha value is -6.27. The number of benzene rings is 4. The Balaban J connectivity index is 0.850. The number of likely N-dealkylation sites (tertiary alicyclic amines) is 1. The molecule has 0 radical (unpaired) electrons. The lowest BCUT2D eigenvalue weighted by Crippen LogP contribution is -2.74. The number of rotatable bonds is 16. The van der Waals surface area contributed by atoms with E-state index >= 15 is 0 Å². The molecule has 356 valence electrons. The Labute approximate surface area is 407 Å². The zero-order valence-corrected chi connectivity index (χ0v) is 41.3. The van der Waals surface area contributed by atoms with Crippen molar-refractivity contribution in [2.24, 2.45) is 16.2 Å². The van der Waals surface area contributed by atoms with Gasteiger partial charge in [0.1, 0.15) is 48.1 Å². The van der Waals surface area contributed by atoms with Gasteiger partial charge in [-0.3, -0.25) is 19.2 Å². The van der Waals surface area contributed by atoms with E-state index in [2.05, 4.69) is 54.7 Å². The smallest absolute Gasteiger partial charge is 0.251 e.